The Morgan fingerprint density at radius 3 is 2.26 bits per heavy atom. The van der Waals surface area contributed by atoms with Crippen LogP contribution in [0.2, 0.25) is 0 Å². The van der Waals surface area contributed by atoms with E-state index in [1.165, 1.54) is 18.2 Å². The molecule has 1 atom stereocenters. The predicted octanol–water partition coefficient (Wildman–Crippen LogP) is 2.29. The van der Waals surface area contributed by atoms with Crippen molar-refractivity contribution in [2.45, 2.75) is 38.5 Å². The third kappa shape index (κ3) is 5.52. The summed E-state index contributed by atoms with van der Waals surface area (Å²) in [4.78, 5) is 75.8. The maximum Gasteiger partial charge on any atom is 0.262 e. The summed E-state index contributed by atoms with van der Waals surface area (Å²) < 4.78 is 1.90. The van der Waals surface area contributed by atoms with Gasteiger partial charge in [-0.3, -0.25) is 39.0 Å². The van der Waals surface area contributed by atoms with Crippen LogP contribution in [-0.2, 0) is 34.0 Å². The summed E-state index contributed by atoms with van der Waals surface area (Å²) in [7, 11) is 0. The first kappa shape index (κ1) is 27.6. The summed E-state index contributed by atoms with van der Waals surface area (Å²) in [5.41, 5.74) is 3.08. The quantitative estimate of drug-likeness (QED) is 0.274. The highest BCUT2D eigenvalue weighted by atomic mass is 16.2. The highest BCUT2D eigenvalue weighted by Gasteiger charge is 2.44. The molecule has 1 aromatic heterocycles. The lowest BCUT2D eigenvalue weighted by Gasteiger charge is -2.27. The molecule has 2 aliphatic heterocycles. The number of carbonyl (C=O) groups is 6. The standard InChI is InChI=1S/C32H27N5O6/c38-27-12-11-26(30(41)35-27)37-31(42)23-10-9-22(15-24(23)32(37)43)29(40)34-17-20-7-5-19(6-8-20)16-33-28(39)18-36-14-13-21-3-1-2-4-25(21)36/h1-10,13-15,26H,11-12,16-18H2,(H,33,39)(H,34,40)(H,35,38,41). The number of benzene rings is 3. The second-order valence-electron chi connectivity index (χ2n) is 10.5. The second kappa shape index (κ2) is 11.4. The van der Waals surface area contributed by atoms with Crippen LogP contribution in [0.4, 0.5) is 0 Å². The van der Waals surface area contributed by atoms with Gasteiger partial charge in [0.1, 0.15) is 12.6 Å². The summed E-state index contributed by atoms with van der Waals surface area (Å²) in [5, 5.41) is 8.97. The molecule has 3 aromatic carbocycles. The maximum atomic E-state index is 13.0. The zero-order chi connectivity index (χ0) is 30.1. The largest absolute Gasteiger partial charge is 0.350 e. The van der Waals surface area contributed by atoms with E-state index in [4.69, 9.17) is 0 Å². The molecule has 6 rings (SSSR count). The van der Waals surface area contributed by atoms with Crippen LogP contribution in [0.1, 0.15) is 55.0 Å². The van der Waals surface area contributed by atoms with E-state index >= 15 is 0 Å². The third-order valence-electron chi connectivity index (χ3n) is 7.66. The molecule has 3 N–H and O–H groups in total. The number of rotatable bonds is 8. The zero-order valence-corrected chi connectivity index (χ0v) is 23.0. The fourth-order valence-electron chi connectivity index (χ4n) is 5.36. The molecule has 0 radical (unpaired) electrons. The number of piperidine rings is 1. The minimum atomic E-state index is -1.07. The molecule has 1 fully saturated rings. The highest BCUT2D eigenvalue weighted by Crippen LogP contribution is 2.28. The molecular formula is C32H27N5O6. The topological polar surface area (TPSA) is 147 Å². The van der Waals surface area contributed by atoms with Gasteiger partial charge in [-0.25, -0.2) is 0 Å². The van der Waals surface area contributed by atoms with Gasteiger partial charge >= 0.3 is 0 Å². The number of aromatic nitrogens is 1. The molecule has 11 nitrogen and oxygen atoms in total. The minimum absolute atomic E-state index is 0.0269. The Balaban J connectivity index is 1.02. The number of fused-ring (bicyclic) bond motifs is 2. The Labute approximate surface area is 245 Å². The van der Waals surface area contributed by atoms with Gasteiger partial charge < -0.3 is 15.2 Å². The van der Waals surface area contributed by atoms with E-state index in [2.05, 4.69) is 16.0 Å². The van der Waals surface area contributed by atoms with E-state index in [9.17, 15) is 28.8 Å². The number of hydrogen-bond acceptors (Lipinski definition) is 6. The number of amides is 6. The Morgan fingerprint density at radius 2 is 1.51 bits per heavy atom. The van der Waals surface area contributed by atoms with E-state index in [0.29, 0.717) is 6.54 Å². The monoisotopic (exact) mass is 577 g/mol. The molecule has 0 saturated carbocycles. The van der Waals surface area contributed by atoms with Gasteiger partial charge in [-0.1, -0.05) is 42.5 Å². The van der Waals surface area contributed by atoms with Crippen molar-refractivity contribution in [1.29, 1.82) is 0 Å². The van der Waals surface area contributed by atoms with Gasteiger partial charge in [0.2, 0.25) is 17.7 Å². The molecule has 1 saturated heterocycles. The number of para-hydroxylation sites is 1. The van der Waals surface area contributed by atoms with Crippen LogP contribution in [0, 0.1) is 0 Å². The fourth-order valence-corrected chi connectivity index (χ4v) is 5.36. The Hall–Kier alpha value is -5.58. The van der Waals surface area contributed by atoms with Gasteiger partial charge in [0.15, 0.2) is 0 Å². The van der Waals surface area contributed by atoms with Crippen molar-refractivity contribution in [2.24, 2.45) is 0 Å². The third-order valence-corrected chi connectivity index (χ3v) is 7.66. The number of hydrogen-bond donors (Lipinski definition) is 3. The van der Waals surface area contributed by atoms with E-state index < -0.39 is 35.6 Å². The van der Waals surface area contributed by atoms with Gasteiger partial charge in [0.25, 0.3) is 17.7 Å². The molecule has 4 aromatic rings. The number of nitrogens with zero attached hydrogens (tertiary/aromatic N) is 2. The SMILES string of the molecule is O=C(Cn1ccc2ccccc21)NCc1ccc(CNC(=O)c2ccc3c(c2)C(=O)N(C2CCC(=O)NC2=O)C3=O)cc1. The van der Waals surface area contributed by atoms with E-state index in [1.807, 2.05) is 65.4 Å². The smallest absolute Gasteiger partial charge is 0.262 e. The van der Waals surface area contributed by atoms with E-state index in [-0.39, 0.29) is 48.5 Å². The van der Waals surface area contributed by atoms with Crippen LogP contribution in [0.5, 0.6) is 0 Å². The predicted molar refractivity (Wildman–Crippen MR) is 155 cm³/mol. The summed E-state index contributed by atoms with van der Waals surface area (Å²) in [6.07, 6.45) is 1.97. The molecular weight excluding hydrogens is 550 g/mol. The number of imide groups is 2. The molecule has 6 amide bonds. The first-order valence-electron chi connectivity index (χ1n) is 13.8. The van der Waals surface area contributed by atoms with Gasteiger partial charge in [-0.15, -0.1) is 0 Å². The Kier molecular flexibility index (Phi) is 7.29. The van der Waals surface area contributed by atoms with Crippen molar-refractivity contribution in [3.05, 3.63) is 107 Å². The fraction of sp³-hybridized carbons (Fsp3) is 0.188. The van der Waals surface area contributed by atoms with Gasteiger partial charge in [-0.2, -0.15) is 0 Å². The van der Waals surface area contributed by atoms with Crippen LogP contribution in [0.3, 0.4) is 0 Å². The van der Waals surface area contributed by atoms with Crippen molar-refractivity contribution in [1.82, 2.24) is 25.4 Å². The maximum absolute atomic E-state index is 13.0. The first-order chi connectivity index (χ1) is 20.8. The summed E-state index contributed by atoms with van der Waals surface area (Å²) >= 11 is 0. The molecule has 216 valence electrons. The molecule has 1 unspecified atom stereocenters. The Bertz CT molecular complexity index is 1810. The second-order valence-corrected chi connectivity index (χ2v) is 10.5. The lowest BCUT2D eigenvalue weighted by Crippen LogP contribution is -2.54. The van der Waals surface area contributed by atoms with Gasteiger partial charge in [0, 0.05) is 36.8 Å². The van der Waals surface area contributed by atoms with Crippen LogP contribution in [0.25, 0.3) is 10.9 Å². The lowest BCUT2D eigenvalue weighted by atomic mass is 10.0. The van der Waals surface area contributed by atoms with Crippen LogP contribution in [-0.4, -0.2) is 51.0 Å². The molecule has 43 heavy (non-hydrogen) atoms. The molecule has 0 aliphatic carbocycles. The van der Waals surface area contributed by atoms with E-state index in [0.717, 1.165) is 26.9 Å². The molecule has 0 spiro atoms. The first-order valence-corrected chi connectivity index (χ1v) is 13.8. The molecule has 11 heteroatoms. The zero-order valence-electron chi connectivity index (χ0n) is 23.0. The van der Waals surface area contributed by atoms with Crippen molar-refractivity contribution in [3.8, 4) is 0 Å². The minimum Gasteiger partial charge on any atom is -0.350 e. The van der Waals surface area contributed by atoms with Crippen LogP contribution < -0.4 is 16.0 Å². The van der Waals surface area contributed by atoms with Crippen molar-refractivity contribution in [2.75, 3.05) is 0 Å². The molecule has 2 aliphatic rings. The van der Waals surface area contributed by atoms with Crippen molar-refractivity contribution in [3.63, 3.8) is 0 Å². The normalized spacial score (nSPS) is 16.3. The van der Waals surface area contributed by atoms with Crippen LogP contribution >= 0.6 is 0 Å². The molecule has 0 bridgehead atoms. The summed E-state index contributed by atoms with van der Waals surface area (Å²) in [5.74, 6) is -2.98. The number of nitrogens with one attached hydrogen (secondary N) is 3. The average molecular weight is 578 g/mol. The lowest BCUT2D eigenvalue weighted by molar-refractivity contribution is -0.136. The van der Waals surface area contributed by atoms with Gasteiger partial charge in [-0.05, 0) is 53.3 Å². The average Bonchev–Trinajstić information content (AvgIpc) is 3.53. The van der Waals surface area contributed by atoms with E-state index in [1.54, 1.807) is 0 Å². The van der Waals surface area contributed by atoms with Crippen LogP contribution in [0.15, 0.2) is 79.0 Å². The summed E-state index contributed by atoms with van der Waals surface area (Å²) in [6, 6.07) is 20.4. The van der Waals surface area contributed by atoms with Crippen molar-refractivity contribution < 1.29 is 28.8 Å². The summed E-state index contributed by atoms with van der Waals surface area (Å²) in [6.45, 7) is 0.802. The molecule has 3 heterocycles. The van der Waals surface area contributed by atoms with Crippen molar-refractivity contribution >= 4 is 46.3 Å². The van der Waals surface area contributed by atoms with Gasteiger partial charge in [0.05, 0.1) is 11.1 Å². The number of carbonyl (C=O) groups excluding carboxylic acids is 6. The highest BCUT2D eigenvalue weighted by molar-refractivity contribution is 6.24. The Morgan fingerprint density at radius 1 is 0.814 bits per heavy atom.